The van der Waals surface area contributed by atoms with Crippen LogP contribution < -0.4 is 0 Å². The molecular formula is C13H21NO2. The van der Waals surface area contributed by atoms with Crippen molar-refractivity contribution in [3.63, 3.8) is 0 Å². The average molecular weight is 223 g/mol. The topological polar surface area (TPSA) is 38.7 Å². The van der Waals surface area contributed by atoms with E-state index in [0.717, 1.165) is 12.8 Å². The molecule has 0 aromatic heterocycles. The summed E-state index contributed by atoms with van der Waals surface area (Å²) in [5.41, 5.74) is -0.494. The van der Waals surface area contributed by atoms with Crippen LogP contribution in [0.1, 0.15) is 51.9 Å². The molecule has 1 unspecified atom stereocenters. The van der Waals surface area contributed by atoms with Crippen molar-refractivity contribution in [3.05, 3.63) is 17.1 Å². The third-order valence-electron chi connectivity index (χ3n) is 3.73. The highest BCUT2D eigenvalue weighted by molar-refractivity contribution is 5.11. The zero-order valence-electron chi connectivity index (χ0n) is 10.0. The molecule has 0 bridgehead atoms. The molecule has 0 saturated heterocycles. The fraction of sp³-hybridized carbons (Fsp3) is 0.846. The lowest BCUT2D eigenvalue weighted by Crippen LogP contribution is -2.30. The van der Waals surface area contributed by atoms with Crippen LogP contribution in [0.5, 0.6) is 0 Å². The summed E-state index contributed by atoms with van der Waals surface area (Å²) in [7, 11) is 0. The van der Waals surface area contributed by atoms with Gasteiger partial charge in [-0.1, -0.05) is 36.6 Å². The number of rotatable bonds is 3. The van der Waals surface area contributed by atoms with E-state index in [0.29, 0.717) is 6.10 Å². The Bertz CT molecular complexity index is 271. The molecule has 3 heteroatoms. The molecule has 1 fully saturated rings. The Balaban J connectivity index is 1.83. The van der Waals surface area contributed by atoms with Crippen LogP contribution in [0.3, 0.4) is 0 Å². The Labute approximate surface area is 97.2 Å². The van der Waals surface area contributed by atoms with Crippen molar-refractivity contribution in [1.29, 1.82) is 0 Å². The smallest absolute Gasteiger partial charge is 0.118 e. The minimum atomic E-state index is -0.494. The van der Waals surface area contributed by atoms with Crippen LogP contribution in [0.15, 0.2) is 17.3 Å². The molecule has 90 valence electrons. The SMILES string of the molecule is CC1(N=O)C=C[C@@H](OC2CCCCC2)CC1. The van der Waals surface area contributed by atoms with Gasteiger partial charge in [-0.25, -0.2) is 0 Å². The van der Waals surface area contributed by atoms with Gasteiger partial charge in [-0.15, -0.1) is 4.91 Å². The summed E-state index contributed by atoms with van der Waals surface area (Å²) in [4.78, 5) is 10.6. The number of hydrogen-bond acceptors (Lipinski definition) is 3. The van der Waals surface area contributed by atoms with Gasteiger partial charge in [0, 0.05) is 0 Å². The second-order valence-electron chi connectivity index (χ2n) is 5.28. The second kappa shape index (κ2) is 5.09. The number of nitrogens with zero attached hydrogens (tertiary/aromatic N) is 1. The monoisotopic (exact) mass is 223 g/mol. The standard InChI is InChI=1S/C13H21NO2/c1-13(14-15)9-7-12(8-10-13)16-11-5-3-2-4-6-11/h7,9,11-12H,2-6,8,10H2,1H3/t12-,13?/m1/s1. The molecule has 0 radical (unpaired) electrons. The normalized spacial score (nSPS) is 36.2. The summed E-state index contributed by atoms with van der Waals surface area (Å²) in [5.74, 6) is 0. The van der Waals surface area contributed by atoms with Gasteiger partial charge in [0.05, 0.1) is 12.2 Å². The lowest BCUT2D eigenvalue weighted by molar-refractivity contribution is -0.0153. The van der Waals surface area contributed by atoms with Crippen LogP contribution in [-0.4, -0.2) is 17.7 Å². The van der Waals surface area contributed by atoms with E-state index >= 15 is 0 Å². The van der Waals surface area contributed by atoms with Gasteiger partial charge in [0.2, 0.25) is 0 Å². The number of hydrogen-bond donors (Lipinski definition) is 0. The maximum absolute atomic E-state index is 10.6. The predicted molar refractivity (Wildman–Crippen MR) is 64.3 cm³/mol. The van der Waals surface area contributed by atoms with Crippen LogP contribution in [0.2, 0.25) is 0 Å². The lowest BCUT2D eigenvalue weighted by atomic mass is 9.89. The van der Waals surface area contributed by atoms with Crippen LogP contribution >= 0.6 is 0 Å². The molecule has 2 aliphatic carbocycles. The first-order valence-electron chi connectivity index (χ1n) is 6.41. The summed E-state index contributed by atoms with van der Waals surface area (Å²) in [5, 5.41) is 3.17. The highest BCUT2D eigenvalue weighted by Crippen LogP contribution is 2.29. The molecular weight excluding hydrogens is 202 g/mol. The highest BCUT2D eigenvalue weighted by Gasteiger charge is 2.29. The van der Waals surface area contributed by atoms with Crippen molar-refractivity contribution < 1.29 is 4.74 Å². The lowest BCUT2D eigenvalue weighted by Gasteiger charge is -2.30. The predicted octanol–water partition coefficient (Wildman–Crippen LogP) is 3.58. The van der Waals surface area contributed by atoms with E-state index in [2.05, 4.69) is 5.18 Å². The summed E-state index contributed by atoms with van der Waals surface area (Å²) < 4.78 is 6.04. The number of ether oxygens (including phenoxy) is 1. The van der Waals surface area contributed by atoms with Crippen LogP contribution in [0, 0.1) is 4.91 Å². The fourth-order valence-corrected chi connectivity index (χ4v) is 2.57. The highest BCUT2D eigenvalue weighted by atomic mass is 16.5. The van der Waals surface area contributed by atoms with E-state index < -0.39 is 5.54 Å². The zero-order valence-corrected chi connectivity index (χ0v) is 10.0. The summed E-state index contributed by atoms with van der Waals surface area (Å²) in [6.45, 7) is 1.88. The molecule has 0 N–H and O–H groups in total. The van der Waals surface area contributed by atoms with E-state index in [-0.39, 0.29) is 6.10 Å². The van der Waals surface area contributed by atoms with Crippen molar-refractivity contribution in [3.8, 4) is 0 Å². The zero-order chi connectivity index (χ0) is 11.4. The molecule has 0 spiro atoms. The fourth-order valence-electron chi connectivity index (χ4n) is 2.57. The van der Waals surface area contributed by atoms with Crippen molar-refractivity contribution in [2.75, 3.05) is 0 Å². The van der Waals surface area contributed by atoms with Gasteiger partial charge in [0.25, 0.3) is 0 Å². The summed E-state index contributed by atoms with van der Waals surface area (Å²) in [6, 6.07) is 0. The van der Waals surface area contributed by atoms with Crippen molar-refractivity contribution in [2.24, 2.45) is 5.18 Å². The molecule has 0 heterocycles. The quantitative estimate of drug-likeness (QED) is 0.542. The molecule has 16 heavy (non-hydrogen) atoms. The number of nitroso groups, excluding NO2 is 1. The van der Waals surface area contributed by atoms with Gasteiger partial charge in [-0.05, 0) is 32.6 Å². The van der Waals surface area contributed by atoms with Crippen molar-refractivity contribution >= 4 is 0 Å². The van der Waals surface area contributed by atoms with Gasteiger partial charge in [0.15, 0.2) is 0 Å². The Morgan fingerprint density at radius 3 is 2.56 bits per heavy atom. The summed E-state index contributed by atoms with van der Waals surface area (Å²) in [6.07, 6.45) is 12.7. The third kappa shape index (κ3) is 2.91. The molecule has 2 aliphatic rings. The van der Waals surface area contributed by atoms with E-state index in [1.807, 2.05) is 19.1 Å². The minimum Gasteiger partial charge on any atom is -0.371 e. The molecule has 0 amide bonds. The van der Waals surface area contributed by atoms with E-state index in [1.165, 1.54) is 32.1 Å². The van der Waals surface area contributed by atoms with Gasteiger partial charge < -0.3 is 4.74 Å². The third-order valence-corrected chi connectivity index (χ3v) is 3.73. The molecule has 0 aromatic carbocycles. The first-order valence-corrected chi connectivity index (χ1v) is 6.41. The maximum Gasteiger partial charge on any atom is 0.118 e. The largest absolute Gasteiger partial charge is 0.371 e. The molecule has 1 saturated carbocycles. The van der Waals surface area contributed by atoms with Crippen LogP contribution in [0.4, 0.5) is 0 Å². The van der Waals surface area contributed by atoms with Crippen molar-refractivity contribution in [2.45, 2.75) is 69.6 Å². The molecule has 0 aliphatic heterocycles. The molecule has 2 atom stereocenters. The Kier molecular flexibility index (Phi) is 3.74. The van der Waals surface area contributed by atoms with E-state index in [9.17, 15) is 4.91 Å². The van der Waals surface area contributed by atoms with Gasteiger partial charge in [-0.2, -0.15) is 0 Å². The Hall–Kier alpha value is -0.700. The summed E-state index contributed by atoms with van der Waals surface area (Å²) >= 11 is 0. The van der Waals surface area contributed by atoms with Gasteiger partial charge >= 0.3 is 0 Å². The first kappa shape index (κ1) is 11.8. The minimum absolute atomic E-state index is 0.206. The Morgan fingerprint density at radius 1 is 1.25 bits per heavy atom. The maximum atomic E-state index is 10.6. The van der Waals surface area contributed by atoms with Crippen LogP contribution in [0.25, 0.3) is 0 Å². The second-order valence-corrected chi connectivity index (χ2v) is 5.28. The van der Waals surface area contributed by atoms with E-state index in [1.54, 1.807) is 0 Å². The van der Waals surface area contributed by atoms with Gasteiger partial charge in [0.1, 0.15) is 5.54 Å². The molecule has 2 rings (SSSR count). The van der Waals surface area contributed by atoms with Crippen LogP contribution in [-0.2, 0) is 4.74 Å². The molecule has 3 nitrogen and oxygen atoms in total. The van der Waals surface area contributed by atoms with E-state index in [4.69, 9.17) is 4.74 Å². The first-order chi connectivity index (χ1) is 7.72. The molecule has 0 aromatic rings. The van der Waals surface area contributed by atoms with Crippen molar-refractivity contribution in [1.82, 2.24) is 0 Å². The van der Waals surface area contributed by atoms with Gasteiger partial charge in [-0.3, -0.25) is 0 Å². The Morgan fingerprint density at radius 2 is 2.00 bits per heavy atom. The average Bonchev–Trinajstić information content (AvgIpc) is 2.34.